The molecule has 0 aromatic heterocycles. The van der Waals surface area contributed by atoms with Crippen molar-refractivity contribution in [2.75, 3.05) is 12.8 Å². The third-order valence-electron chi connectivity index (χ3n) is 4.71. The van der Waals surface area contributed by atoms with E-state index in [4.69, 9.17) is 4.41 Å². The van der Waals surface area contributed by atoms with Crippen molar-refractivity contribution in [1.29, 1.82) is 0 Å². The van der Waals surface area contributed by atoms with Crippen LogP contribution in [0.3, 0.4) is 0 Å². The molecule has 25 heavy (non-hydrogen) atoms. The van der Waals surface area contributed by atoms with E-state index in [0.29, 0.717) is 0 Å². The third-order valence-corrected chi connectivity index (χ3v) is 11.6. The average molecular weight is 368 g/mol. The van der Waals surface area contributed by atoms with Gasteiger partial charge in [-0.1, -0.05) is 87.6 Å². The maximum Gasteiger partial charge on any atom is 0.170 e. The highest BCUT2D eigenvalue weighted by Crippen LogP contribution is 2.49. The molecule has 0 aliphatic heterocycles. The fourth-order valence-electron chi connectivity index (χ4n) is 3.94. The first-order valence-corrected chi connectivity index (χ1v) is 15.1. The molecule has 3 rings (SSSR count). The minimum absolute atomic E-state index is 1.05. The molecule has 2 aromatic carbocycles. The van der Waals surface area contributed by atoms with Crippen molar-refractivity contribution in [3.63, 3.8) is 0 Å². The SMILES string of the molecule is CCCP(C)(=N[Si](C)(C)C)c1ccccc1C1=Cc2ccccc2C1. The number of hydrogen-bond donors (Lipinski definition) is 0. The Morgan fingerprint density at radius 3 is 2.36 bits per heavy atom. The fourth-order valence-corrected chi connectivity index (χ4v) is 12.3. The second-order valence-corrected chi connectivity index (χ2v) is 16.5. The van der Waals surface area contributed by atoms with Crippen molar-refractivity contribution < 1.29 is 0 Å². The largest absolute Gasteiger partial charge is 0.334 e. The lowest BCUT2D eigenvalue weighted by atomic mass is 10.0. The van der Waals surface area contributed by atoms with E-state index in [2.05, 4.69) is 87.8 Å². The molecule has 0 saturated carbocycles. The molecule has 1 aliphatic carbocycles. The van der Waals surface area contributed by atoms with Gasteiger partial charge in [0, 0.05) is 0 Å². The summed E-state index contributed by atoms with van der Waals surface area (Å²) >= 11 is 0. The quantitative estimate of drug-likeness (QED) is 0.423. The monoisotopic (exact) mass is 367 g/mol. The highest BCUT2D eigenvalue weighted by Gasteiger charge is 2.25. The normalized spacial score (nSPS) is 16.1. The number of allylic oxidation sites excluding steroid dienone is 1. The van der Waals surface area contributed by atoms with E-state index in [0.717, 1.165) is 6.42 Å². The van der Waals surface area contributed by atoms with Gasteiger partial charge in [-0.25, -0.2) is 0 Å². The molecule has 3 heteroatoms. The summed E-state index contributed by atoms with van der Waals surface area (Å²) in [5.74, 6) is 0. The lowest BCUT2D eigenvalue weighted by Crippen LogP contribution is -2.21. The van der Waals surface area contributed by atoms with Gasteiger partial charge in [0.1, 0.15) is 0 Å². The zero-order valence-corrected chi connectivity index (χ0v) is 18.1. The van der Waals surface area contributed by atoms with Crippen LogP contribution >= 0.6 is 7.05 Å². The van der Waals surface area contributed by atoms with Crippen molar-refractivity contribution >= 4 is 32.2 Å². The van der Waals surface area contributed by atoms with Crippen molar-refractivity contribution in [1.82, 2.24) is 0 Å². The maximum absolute atomic E-state index is 5.50. The minimum Gasteiger partial charge on any atom is -0.334 e. The van der Waals surface area contributed by atoms with Gasteiger partial charge < -0.3 is 4.41 Å². The van der Waals surface area contributed by atoms with Gasteiger partial charge in [-0.15, -0.1) is 0 Å². The summed E-state index contributed by atoms with van der Waals surface area (Å²) in [6.45, 7) is 11.9. The topological polar surface area (TPSA) is 12.4 Å². The van der Waals surface area contributed by atoms with Gasteiger partial charge in [0.05, 0.1) is 0 Å². The number of hydrogen-bond acceptors (Lipinski definition) is 1. The Labute approximate surface area is 154 Å². The molecule has 132 valence electrons. The Kier molecular flexibility index (Phi) is 5.23. The molecule has 0 saturated heterocycles. The maximum atomic E-state index is 5.50. The molecule has 1 unspecified atom stereocenters. The molecule has 0 N–H and O–H groups in total. The molecule has 1 aliphatic rings. The highest BCUT2D eigenvalue weighted by molar-refractivity contribution is 7.74. The molecule has 0 bridgehead atoms. The summed E-state index contributed by atoms with van der Waals surface area (Å²) in [5.41, 5.74) is 5.73. The first-order valence-electron chi connectivity index (χ1n) is 9.31. The summed E-state index contributed by atoms with van der Waals surface area (Å²) in [6, 6.07) is 17.8. The van der Waals surface area contributed by atoms with Crippen LogP contribution in [0.5, 0.6) is 0 Å². The molecular weight excluding hydrogens is 337 g/mol. The van der Waals surface area contributed by atoms with Gasteiger partial charge in [-0.2, -0.15) is 0 Å². The van der Waals surface area contributed by atoms with E-state index in [1.807, 2.05) is 0 Å². The molecule has 2 aromatic rings. The van der Waals surface area contributed by atoms with E-state index >= 15 is 0 Å². The van der Waals surface area contributed by atoms with Crippen LogP contribution in [0.2, 0.25) is 19.6 Å². The van der Waals surface area contributed by atoms with Gasteiger partial charge in [-0.3, -0.25) is 0 Å². The predicted octanol–water partition coefficient (Wildman–Crippen LogP) is 6.48. The molecule has 0 spiro atoms. The second-order valence-electron chi connectivity index (χ2n) is 8.20. The van der Waals surface area contributed by atoms with E-state index in [1.165, 1.54) is 40.2 Å². The summed E-state index contributed by atoms with van der Waals surface area (Å²) in [5, 5.41) is 1.51. The molecule has 1 atom stereocenters. The highest BCUT2D eigenvalue weighted by atomic mass is 31.2. The summed E-state index contributed by atoms with van der Waals surface area (Å²) in [7, 11) is -2.97. The Balaban J connectivity index is 2.12. The van der Waals surface area contributed by atoms with Crippen LogP contribution in [-0.4, -0.2) is 21.1 Å². The number of fused-ring (bicyclic) bond motifs is 1. The predicted molar refractivity (Wildman–Crippen MR) is 118 cm³/mol. The summed E-state index contributed by atoms with van der Waals surface area (Å²) in [6.07, 6.45) is 5.85. The van der Waals surface area contributed by atoms with Gasteiger partial charge >= 0.3 is 0 Å². The summed E-state index contributed by atoms with van der Waals surface area (Å²) in [4.78, 5) is 0. The Hall–Kier alpha value is -1.37. The van der Waals surface area contributed by atoms with Crippen LogP contribution in [0.25, 0.3) is 11.6 Å². The molecule has 0 amide bonds. The Morgan fingerprint density at radius 2 is 1.68 bits per heavy atom. The van der Waals surface area contributed by atoms with Crippen LogP contribution in [0.4, 0.5) is 0 Å². The number of nitrogens with zero attached hydrogens (tertiary/aromatic N) is 1. The van der Waals surface area contributed by atoms with E-state index in [1.54, 1.807) is 0 Å². The van der Waals surface area contributed by atoms with Gasteiger partial charge in [0.2, 0.25) is 0 Å². The third kappa shape index (κ3) is 4.07. The van der Waals surface area contributed by atoms with Crippen LogP contribution in [0.15, 0.2) is 52.9 Å². The van der Waals surface area contributed by atoms with Crippen LogP contribution in [0, 0.1) is 0 Å². The fraction of sp³-hybridized carbons (Fsp3) is 0.364. The molecule has 1 nitrogen and oxygen atoms in total. The minimum atomic E-state index is -1.48. The van der Waals surface area contributed by atoms with Crippen molar-refractivity contribution in [3.8, 4) is 0 Å². The molecule has 0 heterocycles. The van der Waals surface area contributed by atoms with Gasteiger partial charge in [0.15, 0.2) is 8.24 Å². The van der Waals surface area contributed by atoms with E-state index in [9.17, 15) is 0 Å². The van der Waals surface area contributed by atoms with Crippen LogP contribution in [0.1, 0.15) is 30.0 Å². The lowest BCUT2D eigenvalue weighted by molar-refractivity contribution is 1.09. The van der Waals surface area contributed by atoms with Gasteiger partial charge in [0.25, 0.3) is 0 Å². The Bertz CT molecular complexity index is 858. The summed E-state index contributed by atoms with van der Waals surface area (Å²) < 4.78 is 5.50. The zero-order chi connectivity index (χ0) is 18.1. The average Bonchev–Trinajstić information content (AvgIpc) is 2.97. The van der Waals surface area contributed by atoms with Crippen molar-refractivity contribution in [2.45, 2.75) is 39.4 Å². The van der Waals surface area contributed by atoms with Crippen LogP contribution < -0.4 is 5.30 Å². The first kappa shape index (κ1) is 18.4. The molecular formula is C22H30NPSi. The lowest BCUT2D eigenvalue weighted by Gasteiger charge is -2.28. The second kappa shape index (κ2) is 7.09. The first-order chi connectivity index (χ1) is 11.8. The number of rotatable bonds is 5. The number of benzene rings is 2. The van der Waals surface area contributed by atoms with Crippen molar-refractivity contribution in [3.05, 3.63) is 65.2 Å². The van der Waals surface area contributed by atoms with E-state index < -0.39 is 15.3 Å². The smallest absolute Gasteiger partial charge is 0.170 e. The van der Waals surface area contributed by atoms with Crippen molar-refractivity contribution in [2.24, 2.45) is 4.41 Å². The standard InChI is InChI=1S/C22H30NPSi/c1-6-15-24(2,23-25(3,4)5)22-14-10-9-13-21(22)20-16-18-11-7-8-12-19(18)17-20/h7-14,16H,6,15,17H2,1-5H3. The molecule has 0 fully saturated rings. The molecule has 0 radical (unpaired) electrons. The van der Waals surface area contributed by atoms with E-state index in [-0.39, 0.29) is 0 Å². The van der Waals surface area contributed by atoms with Crippen LogP contribution in [-0.2, 0) is 6.42 Å². The zero-order valence-electron chi connectivity index (χ0n) is 16.2. The Morgan fingerprint density at radius 1 is 1.00 bits per heavy atom. The van der Waals surface area contributed by atoms with Gasteiger partial charge in [-0.05, 0) is 53.9 Å².